The third-order valence-electron chi connectivity index (χ3n) is 5.15. The third kappa shape index (κ3) is 3.79. The highest BCUT2D eigenvalue weighted by molar-refractivity contribution is 7.90. The summed E-state index contributed by atoms with van der Waals surface area (Å²) in [5.74, 6) is -0.124. The maximum atomic E-state index is 12.9. The lowest BCUT2D eigenvalue weighted by atomic mass is 9.95. The fraction of sp³-hybridized carbons (Fsp3) is 0.227. The van der Waals surface area contributed by atoms with E-state index in [9.17, 15) is 13.2 Å². The van der Waals surface area contributed by atoms with Gasteiger partial charge >= 0.3 is 0 Å². The van der Waals surface area contributed by atoms with E-state index < -0.39 is 14.8 Å². The monoisotopic (exact) mass is 396 g/mol. The topological polar surface area (TPSA) is 93.0 Å². The molecule has 3 N–H and O–H groups in total. The number of ketones is 1. The summed E-state index contributed by atoms with van der Waals surface area (Å²) in [5, 5.41) is 5.60. The number of rotatable bonds is 6. The van der Waals surface area contributed by atoms with Crippen molar-refractivity contribution >= 4 is 15.8 Å². The summed E-state index contributed by atoms with van der Waals surface area (Å²) in [6, 6.07) is 18.1. The minimum absolute atomic E-state index is 0.124. The van der Waals surface area contributed by atoms with Crippen molar-refractivity contribution in [2.24, 2.45) is 5.14 Å². The van der Waals surface area contributed by atoms with Crippen molar-refractivity contribution in [3.05, 3.63) is 94.3 Å². The van der Waals surface area contributed by atoms with E-state index in [4.69, 9.17) is 5.14 Å². The number of nitrogens with two attached hydrogens (primary N) is 1. The third-order valence-corrected chi connectivity index (χ3v) is 6.79. The number of primary sulfonamides is 1. The van der Waals surface area contributed by atoms with Crippen molar-refractivity contribution in [1.29, 1.82) is 0 Å². The van der Waals surface area contributed by atoms with E-state index in [1.165, 1.54) is 0 Å². The fourth-order valence-corrected chi connectivity index (χ4v) is 4.15. The van der Waals surface area contributed by atoms with Gasteiger partial charge in [0, 0.05) is 17.7 Å². The normalized spacial score (nSPS) is 13.9. The lowest BCUT2D eigenvalue weighted by Gasteiger charge is -2.27. The van der Waals surface area contributed by atoms with E-state index in [1.807, 2.05) is 38.1 Å². The molecule has 1 unspecified atom stereocenters. The second-order valence-electron chi connectivity index (χ2n) is 7.37. The van der Waals surface area contributed by atoms with Gasteiger partial charge in [-0.2, -0.15) is 0 Å². The lowest BCUT2D eigenvalue weighted by molar-refractivity contribution is 0.103. The summed E-state index contributed by atoms with van der Waals surface area (Å²) in [6.07, 6.45) is 0.137. The maximum Gasteiger partial charge on any atom is 0.219 e. The van der Waals surface area contributed by atoms with Crippen LogP contribution in [0, 0.1) is 13.8 Å². The molecular formula is C22H24N2O3S. The van der Waals surface area contributed by atoms with Crippen LogP contribution in [0.2, 0.25) is 0 Å². The van der Waals surface area contributed by atoms with Crippen LogP contribution in [0.15, 0.2) is 60.7 Å². The predicted molar refractivity (Wildman–Crippen MR) is 111 cm³/mol. The van der Waals surface area contributed by atoms with Crippen LogP contribution in [0.25, 0.3) is 0 Å². The zero-order valence-electron chi connectivity index (χ0n) is 16.2. The van der Waals surface area contributed by atoms with Crippen molar-refractivity contribution in [3.63, 3.8) is 0 Å². The van der Waals surface area contributed by atoms with Gasteiger partial charge in [0.1, 0.15) is 4.75 Å². The Hall–Kier alpha value is -2.70. The molecule has 0 aliphatic carbocycles. The number of hydrogen-bond acceptors (Lipinski definition) is 3. The van der Waals surface area contributed by atoms with Gasteiger partial charge in [-0.15, -0.1) is 0 Å². The summed E-state index contributed by atoms with van der Waals surface area (Å²) in [7, 11) is -3.90. The van der Waals surface area contributed by atoms with Gasteiger partial charge < -0.3 is 4.98 Å². The van der Waals surface area contributed by atoms with E-state index in [0.29, 0.717) is 22.5 Å². The lowest BCUT2D eigenvalue weighted by Crippen LogP contribution is -2.40. The van der Waals surface area contributed by atoms with Gasteiger partial charge in [-0.1, -0.05) is 60.2 Å². The number of sulfonamides is 1. The Labute approximate surface area is 165 Å². The molecule has 3 rings (SSSR count). The second kappa shape index (κ2) is 7.37. The van der Waals surface area contributed by atoms with Crippen molar-refractivity contribution in [1.82, 2.24) is 4.98 Å². The highest BCUT2D eigenvalue weighted by Crippen LogP contribution is 2.32. The zero-order chi connectivity index (χ0) is 20.5. The SMILES string of the molecule is Cc1ccc(C(=O)c2[nH]c(CC(C)(c3ccccc3)S(N)(=O)=O)cc2C)cc1. The van der Waals surface area contributed by atoms with Gasteiger partial charge in [-0.05, 0) is 38.0 Å². The molecule has 146 valence electrons. The molecule has 2 aromatic carbocycles. The molecule has 6 heteroatoms. The van der Waals surface area contributed by atoms with Crippen molar-refractivity contribution in [2.75, 3.05) is 0 Å². The molecule has 5 nitrogen and oxygen atoms in total. The summed E-state index contributed by atoms with van der Waals surface area (Å²) in [4.78, 5) is 16.0. The highest BCUT2D eigenvalue weighted by Gasteiger charge is 2.39. The van der Waals surface area contributed by atoms with E-state index in [1.54, 1.807) is 43.3 Å². The Morgan fingerprint density at radius 3 is 2.21 bits per heavy atom. The van der Waals surface area contributed by atoms with Crippen molar-refractivity contribution in [2.45, 2.75) is 31.9 Å². The standard InChI is InChI=1S/C22H24N2O3S/c1-15-9-11-17(12-10-15)21(25)20-16(2)13-19(24-20)14-22(3,28(23,26)27)18-7-5-4-6-8-18/h4-13,24H,14H2,1-3H3,(H2,23,26,27). The Morgan fingerprint density at radius 2 is 1.64 bits per heavy atom. The average Bonchev–Trinajstić information content (AvgIpc) is 3.01. The highest BCUT2D eigenvalue weighted by atomic mass is 32.2. The Kier molecular flexibility index (Phi) is 5.28. The fourth-order valence-electron chi connectivity index (χ4n) is 3.33. The van der Waals surface area contributed by atoms with Gasteiger partial charge in [0.25, 0.3) is 0 Å². The molecule has 0 saturated heterocycles. The summed E-state index contributed by atoms with van der Waals surface area (Å²) >= 11 is 0. The minimum atomic E-state index is -3.90. The first-order valence-electron chi connectivity index (χ1n) is 8.99. The van der Waals surface area contributed by atoms with Gasteiger partial charge in [-0.25, -0.2) is 13.6 Å². The van der Waals surface area contributed by atoms with Crippen LogP contribution in [-0.4, -0.2) is 19.2 Å². The predicted octanol–water partition coefficient (Wildman–Crippen LogP) is 3.61. The first kappa shape index (κ1) is 20.0. The summed E-state index contributed by atoms with van der Waals surface area (Å²) in [5.41, 5.74) is 4.14. The average molecular weight is 397 g/mol. The quantitative estimate of drug-likeness (QED) is 0.623. The number of carbonyl (C=O) groups excluding carboxylic acids is 1. The smallest absolute Gasteiger partial charge is 0.219 e. The molecule has 0 saturated carbocycles. The number of carbonyl (C=O) groups is 1. The molecule has 0 bridgehead atoms. The molecule has 0 aliphatic rings. The van der Waals surface area contributed by atoms with Crippen LogP contribution in [-0.2, 0) is 21.2 Å². The van der Waals surface area contributed by atoms with Crippen LogP contribution >= 0.6 is 0 Å². The first-order valence-corrected chi connectivity index (χ1v) is 10.5. The zero-order valence-corrected chi connectivity index (χ0v) is 17.0. The molecule has 0 aliphatic heterocycles. The molecule has 0 radical (unpaired) electrons. The van der Waals surface area contributed by atoms with Crippen LogP contribution in [0.1, 0.15) is 45.4 Å². The molecule has 1 aromatic heterocycles. The number of aryl methyl sites for hydroxylation is 2. The number of benzene rings is 2. The summed E-state index contributed by atoms with van der Waals surface area (Å²) < 4.78 is 23.6. The van der Waals surface area contributed by atoms with Crippen molar-refractivity contribution in [3.8, 4) is 0 Å². The van der Waals surface area contributed by atoms with Gasteiger partial charge in [0.15, 0.2) is 0 Å². The van der Waals surface area contributed by atoms with Crippen molar-refractivity contribution < 1.29 is 13.2 Å². The first-order chi connectivity index (χ1) is 13.1. The van der Waals surface area contributed by atoms with Crippen LogP contribution in [0.5, 0.6) is 0 Å². The van der Waals surface area contributed by atoms with Gasteiger partial charge in [-0.3, -0.25) is 4.79 Å². The molecule has 0 fully saturated rings. The molecule has 1 heterocycles. The number of aromatic amines is 1. The summed E-state index contributed by atoms with van der Waals surface area (Å²) in [6.45, 7) is 5.40. The van der Waals surface area contributed by atoms with Crippen LogP contribution < -0.4 is 5.14 Å². The largest absolute Gasteiger partial charge is 0.355 e. The number of H-pyrrole nitrogens is 1. The molecule has 0 spiro atoms. The Bertz CT molecular complexity index is 1100. The van der Waals surface area contributed by atoms with Gasteiger partial charge in [0.2, 0.25) is 15.8 Å². The molecular weight excluding hydrogens is 372 g/mol. The second-order valence-corrected chi connectivity index (χ2v) is 9.36. The molecule has 0 amide bonds. The minimum Gasteiger partial charge on any atom is -0.355 e. The Balaban J connectivity index is 1.98. The van der Waals surface area contributed by atoms with E-state index in [0.717, 1.165) is 11.1 Å². The van der Waals surface area contributed by atoms with E-state index >= 15 is 0 Å². The molecule has 3 aromatic rings. The number of nitrogens with one attached hydrogen (secondary N) is 1. The van der Waals surface area contributed by atoms with Crippen LogP contribution in [0.4, 0.5) is 0 Å². The Morgan fingerprint density at radius 1 is 1.04 bits per heavy atom. The van der Waals surface area contributed by atoms with Gasteiger partial charge in [0.05, 0.1) is 5.69 Å². The molecule has 1 atom stereocenters. The maximum absolute atomic E-state index is 12.9. The molecule has 28 heavy (non-hydrogen) atoms. The number of aromatic nitrogens is 1. The van der Waals surface area contributed by atoms with E-state index in [2.05, 4.69) is 4.98 Å². The van der Waals surface area contributed by atoms with Crippen LogP contribution in [0.3, 0.4) is 0 Å². The van der Waals surface area contributed by atoms with E-state index in [-0.39, 0.29) is 12.2 Å². The number of hydrogen-bond donors (Lipinski definition) is 2.